The van der Waals surface area contributed by atoms with Crippen molar-refractivity contribution in [3.63, 3.8) is 0 Å². The molecule has 1 fully saturated rings. The molecule has 0 aromatic carbocycles. The standard InChI is InChI=1S/C11H16ClN3O4S2/c12-11-9(15(16)17)5-10(20-11)21(18,19)14-8(6-13)7-3-1-2-4-7/h5,7-8,14H,1-4,6,13H2. The summed E-state index contributed by atoms with van der Waals surface area (Å²) in [5, 5.41) is 10.7. The summed E-state index contributed by atoms with van der Waals surface area (Å²) in [6.07, 6.45) is 4.02. The summed E-state index contributed by atoms with van der Waals surface area (Å²) < 4.78 is 26.9. The summed E-state index contributed by atoms with van der Waals surface area (Å²) in [5.74, 6) is 0.218. The van der Waals surface area contributed by atoms with Crippen molar-refractivity contribution in [3.8, 4) is 0 Å². The first kappa shape index (κ1) is 16.6. The molecule has 118 valence electrons. The lowest BCUT2D eigenvalue weighted by molar-refractivity contribution is -0.384. The largest absolute Gasteiger partial charge is 0.329 e. The molecular formula is C11H16ClN3O4S2. The van der Waals surface area contributed by atoms with Crippen LogP contribution < -0.4 is 10.5 Å². The Kier molecular flexibility index (Phi) is 5.20. The zero-order chi connectivity index (χ0) is 15.6. The maximum absolute atomic E-state index is 12.3. The van der Waals surface area contributed by atoms with Crippen LogP contribution in [-0.4, -0.2) is 25.9 Å². The minimum Gasteiger partial charge on any atom is -0.329 e. The Bertz CT molecular complexity index is 625. The summed E-state index contributed by atoms with van der Waals surface area (Å²) in [6, 6.07) is 0.634. The van der Waals surface area contributed by atoms with Gasteiger partial charge in [0.15, 0.2) is 4.34 Å². The van der Waals surface area contributed by atoms with Crippen LogP contribution >= 0.6 is 22.9 Å². The molecule has 2 rings (SSSR count). The van der Waals surface area contributed by atoms with E-state index >= 15 is 0 Å². The molecule has 1 saturated carbocycles. The highest BCUT2D eigenvalue weighted by Gasteiger charge is 2.31. The molecule has 10 heteroatoms. The van der Waals surface area contributed by atoms with Gasteiger partial charge in [0, 0.05) is 18.7 Å². The molecule has 1 atom stereocenters. The number of sulfonamides is 1. The van der Waals surface area contributed by atoms with Crippen LogP contribution in [0.2, 0.25) is 4.34 Å². The highest BCUT2D eigenvalue weighted by Crippen LogP contribution is 2.36. The smallest absolute Gasteiger partial charge is 0.300 e. The van der Waals surface area contributed by atoms with Crippen molar-refractivity contribution in [2.45, 2.75) is 35.9 Å². The molecule has 7 nitrogen and oxygen atoms in total. The minimum absolute atomic E-state index is 0.148. The Morgan fingerprint density at radius 2 is 2.14 bits per heavy atom. The number of thiophene rings is 1. The molecule has 1 aliphatic carbocycles. The van der Waals surface area contributed by atoms with Gasteiger partial charge < -0.3 is 5.73 Å². The topological polar surface area (TPSA) is 115 Å². The highest BCUT2D eigenvalue weighted by atomic mass is 35.5. The second-order valence-corrected chi connectivity index (χ2v) is 8.58. The van der Waals surface area contributed by atoms with Crippen molar-refractivity contribution in [1.29, 1.82) is 0 Å². The van der Waals surface area contributed by atoms with Gasteiger partial charge >= 0.3 is 0 Å². The summed E-state index contributed by atoms with van der Waals surface area (Å²) in [6.45, 7) is 0.200. The quantitative estimate of drug-likeness (QED) is 0.600. The average Bonchev–Trinajstić information content (AvgIpc) is 3.05. The van der Waals surface area contributed by atoms with Crippen molar-refractivity contribution in [1.82, 2.24) is 4.72 Å². The van der Waals surface area contributed by atoms with Crippen molar-refractivity contribution in [3.05, 3.63) is 20.5 Å². The highest BCUT2D eigenvalue weighted by molar-refractivity contribution is 7.91. The van der Waals surface area contributed by atoms with E-state index in [1.165, 1.54) is 0 Å². The number of nitro groups is 1. The van der Waals surface area contributed by atoms with Crippen molar-refractivity contribution < 1.29 is 13.3 Å². The number of nitrogens with zero attached hydrogens (tertiary/aromatic N) is 1. The van der Waals surface area contributed by atoms with E-state index in [4.69, 9.17) is 17.3 Å². The molecule has 0 aliphatic heterocycles. The predicted molar refractivity (Wildman–Crippen MR) is 81.1 cm³/mol. The molecule has 0 radical (unpaired) electrons. The van der Waals surface area contributed by atoms with E-state index in [1.807, 2.05) is 0 Å². The maximum Gasteiger partial charge on any atom is 0.300 e. The lowest BCUT2D eigenvalue weighted by atomic mass is 9.99. The summed E-state index contributed by atoms with van der Waals surface area (Å²) in [7, 11) is -3.84. The number of nitrogens with two attached hydrogens (primary N) is 1. The number of halogens is 1. The van der Waals surface area contributed by atoms with Gasteiger partial charge in [-0.05, 0) is 18.8 Å². The van der Waals surface area contributed by atoms with E-state index in [9.17, 15) is 18.5 Å². The summed E-state index contributed by atoms with van der Waals surface area (Å²) in [4.78, 5) is 10.0. The molecule has 0 spiro atoms. The van der Waals surface area contributed by atoms with Crippen LogP contribution in [0.4, 0.5) is 5.69 Å². The van der Waals surface area contributed by atoms with Gasteiger partial charge in [0.2, 0.25) is 0 Å². The van der Waals surface area contributed by atoms with Crippen LogP contribution in [0.5, 0.6) is 0 Å². The molecule has 1 aromatic heterocycles. The van der Waals surface area contributed by atoms with E-state index < -0.39 is 20.6 Å². The van der Waals surface area contributed by atoms with E-state index in [2.05, 4.69) is 4.72 Å². The maximum atomic E-state index is 12.3. The molecule has 1 heterocycles. The predicted octanol–water partition coefficient (Wildman–Crippen LogP) is 2.11. The normalized spacial score (nSPS) is 18.0. The van der Waals surface area contributed by atoms with Crippen LogP contribution in [0, 0.1) is 16.0 Å². The number of hydrogen-bond acceptors (Lipinski definition) is 6. The van der Waals surface area contributed by atoms with Crippen LogP contribution in [0.25, 0.3) is 0 Å². The fourth-order valence-corrected chi connectivity index (χ4v) is 5.55. The average molecular weight is 354 g/mol. The molecule has 21 heavy (non-hydrogen) atoms. The van der Waals surface area contributed by atoms with Gasteiger partial charge in [-0.2, -0.15) is 0 Å². The van der Waals surface area contributed by atoms with E-state index in [0.29, 0.717) is 11.3 Å². The molecule has 0 saturated heterocycles. The number of nitrogens with one attached hydrogen (secondary N) is 1. The molecular weight excluding hydrogens is 338 g/mol. The Balaban J connectivity index is 2.20. The first-order chi connectivity index (χ1) is 9.85. The Morgan fingerprint density at radius 3 is 2.62 bits per heavy atom. The molecule has 0 bridgehead atoms. The molecule has 1 aromatic rings. The minimum atomic E-state index is -3.84. The summed E-state index contributed by atoms with van der Waals surface area (Å²) in [5.41, 5.74) is 5.27. The van der Waals surface area contributed by atoms with E-state index in [-0.39, 0.29) is 27.1 Å². The third-order valence-electron chi connectivity index (χ3n) is 3.64. The van der Waals surface area contributed by atoms with Crippen molar-refractivity contribution in [2.24, 2.45) is 11.7 Å². The van der Waals surface area contributed by atoms with Gasteiger partial charge in [-0.15, -0.1) is 11.3 Å². The Morgan fingerprint density at radius 1 is 1.52 bits per heavy atom. The van der Waals surface area contributed by atoms with Gasteiger partial charge in [-0.1, -0.05) is 24.4 Å². The van der Waals surface area contributed by atoms with Crippen molar-refractivity contribution in [2.75, 3.05) is 6.54 Å². The lowest BCUT2D eigenvalue weighted by Crippen LogP contribution is -2.44. The SMILES string of the molecule is NCC(NS(=O)(=O)c1cc([N+](=O)[O-])c(Cl)s1)C1CCCC1. The molecule has 3 N–H and O–H groups in total. The second kappa shape index (κ2) is 6.57. The van der Waals surface area contributed by atoms with Crippen LogP contribution in [0.3, 0.4) is 0 Å². The third kappa shape index (κ3) is 3.72. The van der Waals surface area contributed by atoms with Gasteiger partial charge in [0.05, 0.1) is 4.92 Å². The van der Waals surface area contributed by atoms with Crippen LogP contribution in [-0.2, 0) is 10.0 Å². The fourth-order valence-electron chi connectivity index (χ4n) is 2.55. The number of hydrogen-bond donors (Lipinski definition) is 2. The zero-order valence-corrected chi connectivity index (χ0v) is 13.5. The van der Waals surface area contributed by atoms with E-state index in [0.717, 1.165) is 31.7 Å². The lowest BCUT2D eigenvalue weighted by Gasteiger charge is -2.22. The van der Waals surface area contributed by atoms with E-state index in [1.54, 1.807) is 0 Å². The first-order valence-corrected chi connectivity index (χ1v) is 9.19. The van der Waals surface area contributed by atoms with Gasteiger partial charge in [0.1, 0.15) is 4.21 Å². The zero-order valence-electron chi connectivity index (χ0n) is 11.1. The van der Waals surface area contributed by atoms with Gasteiger partial charge in [-0.25, -0.2) is 13.1 Å². The summed E-state index contributed by atoms with van der Waals surface area (Å²) >= 11 is 6.38. The van der Waals surface area contributed by atoms with Crippen LogP contribution in [0.1, 0.15) is 25.7 Å². The molecule has 0 amide bonds. The molecule has 1 aliphatic rings. The fraction of sp³-hybridized carbons (Fsp3) is 0.636. The monoisotopic (exact) mass is 353 g/mol. The Labute approximate surface area is 131 Å². The third-order valence-corrected chi connectivity index (χ3v) is 6.94. The first-order valence-electron chi connectivity index (χ1n) is 6.51. The van der Waals surface area contributed by atoms with Crippen molar-refractivity contribution >= 4 is 38.6 Å². The van der Waals surface area contributed by atoms with Gasteiger partial charge in [-0.3, -0.25) is 10.1 Å². The second-order valence-electron chi connectivity index (χ2n) is 4.99. The molecule has 1 unspecified atom stereocenters. The number of rotatable bonds is 6. The Hall–Kier alpha value is -0.740. The van der Waals surface area contributed by atoms with Gasteiger partial charge in [0.25, 0.3) is 15.7 Å². The van der Waals surface area contributed by atoms with Crippen LogP contribution in [0.15, 0.2) is 10.3 Å².